The van der Waals surface area contributed by atoms with Crippen LogP contribution in [-0.2, 0) is 14.8 Å². The highest BCUT2D eigenvalue weighted by Gasteiger charge is 2.27. The molecule has 0 aliphatic carbocycles. The molecule has 0 bridgehead atoms. The number of amides is 2. The molecule has 2 N–H and O–H groups in total. The predicted molar refractivity (Wildman–Crippen MR) is 141 cm³/mol. The summed E-state index contributed by atoms with van der Waals surface area (Å²) in [4.78, 5) is 25.8. The van der Waals surface area contributed by atoms with Gasteiger partial charge in [-0.15, -0.1) is 0 Å². The number of benzene rings is 3. The minimum absolute atomic E-state index is 0.0557. The summed E-state index contributed by atoms with van der Waals surface area (Å²) < 4.78 is 33.5. The molecular weight excluding hydrogens is 478 g/mol. The van der Waals surface area contributed by atoms with Crippen molar-refractivity contribution in [3.63, 3.8) is 0 Å². The van der Waals surface area contributed by atoms with Crippen LogP contribution in [0, 0.1) is 5.92 Å². The van der Waals surface area contributed by atoms with Gasteiger partial charge in [0.05, 0.1) is 28.4 Å². The molecule has 0 atom stereocenters. The summed E-state index contributed by atoms with van der Waals surface area (Å²) in [6.45, 7) is 6.28. The van der Waals surface area contributed by atoms with E-state index in [1.54, 1.807) is 66.7 Å². The number of carbonyl (C=O) groups is 2. The van der Waals surface area contributed by atoms with Crippen LogP contribution in [0.2, 0.25) is 0 Å². The van der Waals surface area contributed by atoms with Gasteiger partial charge in [0.15, 0.2) is 0 Å². The number of para-hydroxylation sites is 1. The molecule has 0 saturated heterocycles. The first kappa shape index (κ1) is 26.7. The fourth-order valence-corrected chi connectivity index (χ4v) is 4.85. The Kier molecular flexibility index (Phi) is 9.08. The monoisotopic (exact) mass is 509 g/mol. The van der Waals surface area contributed by atoms with Gasteiger partial charge in [0.1, 0.15) is 12.3 Å². The Morgan fingerprint density at radius 2 is 1.56 bits per heavy atom. The summed E-state index contributed by atoms with van der Waals surface area (Å²) in [5.74, 6) is -0.0574. The van der Waals surface area contributed by atoms with Crippen molar-refractivity contribution in [2.75, 3.05) is 29.3 Å². The zero-order valence-electron chi connectivity index (χ0n) is 20.6. The second kappa shape index (κ2) is 12.2. The second-order valence-electron chi connectivity index (χ2n) is 8.45. The van der Waals surface area contributed by atoms with Crippen LogP contribution < -0.4 is 19.7 Å². The van der Waals surface area contributed by atoms with Gasteiger partial charge in [-0.25, -0.2) is 8.42 Å². The van der Waals surface area contributed by atoms with Crippen molar-refractivity contribution in [3.8, 4) is 5.75 Å². The van der Waals surface area contributed by atoms with E-state index in [4.69, 9.17) is 4.74 Å². The topological polar surface area (TPSA) is 105 Å². The number of hydrogen-bond acceptors (Lipinski definition) is 5. The van der Waals surface area contributed by atoms with Gasteiger partial charge in [0, 0.05) is 6.54 Å². The van der Waals surface area contributed by atoms with Gasteiger partial charge in [-0.2, -0.15) is 0 Å². The van der Waals surface area contributed by atoms with E-state index in [0.717, 1.165) is 4.31 Å². The van der Waals surface area contributed by atoms with E-state index in [2.05, 4.69) is 10.6 Å². The molecule has 0 fully saturated rings. The van der Waals surface area contributed by atoms with Crippen LogP contribution in [0.3, 0.4) is 0 Å². The van der Waals surface area contributed by atoms with Crippen molar-refractivity contribution in [1.82, 2.24) is 5.32 Å². The van der Waals surface area contributed by atoms with Gasteiger partial charge >= 0.3 is 0 Å². The maximum absolute atomic E-state index is 13.5. The molecule has 3 rings (SSSR count). The molecule has 0 heterocycles. The average Bonchev–Trinajstić information content (AvgIpc) is 2.87. The highest BCUT2D eigenvalue weighted by molar-refractivity contribution is 7.92. The summed E-state index contributed by atoms with van der Waals surface area (Å²) >= 11 is 0. The Labute approximate surface area is 212 Å². The fraction of sp³-hybridized carbons (Fsp3) is 0.259. The van der Waals surface area contributed by atoms with Gasteiger partial charge in [-0.3, -0.25) is 13.9 Å². The predicted octanol–water partition coefficient (Wildman–Crippen LogP) is 4.31. The number of nitrogens with one attached hydrogen (secondary N) is 2. The molecule has 36 heavy (non-hydrogen) atoms. The lowest BCUT2D eigenvalue weighted by molar-refractivity contribution is -0.114. The van der Waals surface area contributed by atoms with Crippen molar-refractivity contribution in [3.05, 3.63) is 84.4 Å². The standard InChI is InChI=1S/C27H31N3O5S/c1-4-35-22-16-14-21(15-17-22)30(36(33,34)23-10-6-5-7-11-23)19-26(31)29-25-13-9-8-12-24(25)27(32)28-18-20(2)3/h5-17,20H,4,18-19H2,1-3H3,(H,28,32)(H,29,31). The third-order valence-electron chi connectivity index (χ3n) is 5.17. The van der Waals surface area contributed by atoms with Crippen LogP contribution in [-0.4, -0.2) is 39.9 Å². The Bertz CT molecular complexity index is 1280. The van der Waals surface area contributed by atoms with Gasteiger partial charge in [-0.1, -0.05) is 44.2 Å². The third-order valence-corrected chi connectivity index (χ3v) is 6.96. The van der Waals surface area contributed by atoms with E-state index in [0.29, 0.717) is 35.8 Å². The second-order valence-corrected chi connectivity index (χ2v) is 10.3. The summed E-state index contributed by atoms with van der Waals surface area (Å²) in [5.41, 5.74) is 0.901. The molecule has 8 nitrogen and oxygen atoms in total. The molecule has 0 unspecified atom stereocenters. The number of rotatable bonds is 11. The molecule has 2 amide bonds. The van der Waals surface area contributed by atoms with Gasteiger partial charge < -0.3 is 15.4 Å². The van der Waals surface area contributed by atoms with E-state index < -0.39 is 22.5 Å². The highest BCUT2D eigenvalue weighted by Crippen LogP contribution is 2.26. The van der Waals surface area contributed by atoms with Gasteiger partial charge in [0.2, 0.25) is 5.91 Å². The van der Waals surface area contributed by atoms with Crippen LogP contribution in [0.15, 0.2) is 83.8 Å². The Morgan fingerprint density at radius 3 is 2.19 bits per heavy atom. The molecule has 0 spiro atoms. The van der Waals surface area contributed by atoms with Crippen molar-refractivity contribution in [2.45, 2.75) is 25.7 Å². The van der Waals surface area contributed by atoms with E-state index in [1.165, 1.54) is 12.1 Å². The van der Waals surface area contributed by atoms with Crippen LogP contribution >= 0.6 is 0 Å². The van der Waals surface area contributed by atoms with Crippen LogP contribution in [0.5, 0.6) is 5.75 Å². The summed E-state index contributed by atoms with van der Waals surface area (Å²) in [5, 5.41) is 5.54. The molecular formula is C27H31N3O5S. The summed E-state index contributed by atoms with van der Waals surface area (Å²) in [6.07, 6.45) is 0. The molecule has 0 aliphatic heterocycles. The third kappa shape index (κ3) is 6.85. The fourth-order valence-electron chi connectivity index (χ4n) is 3.41. The van der Waals surface area contributed by atoms with E-state index >= 15 is 0 Å². The summed E-state index contributed by atoms with van der Waals surface area (Å²) in [6, 6.07) is 21.0. The molecule has 0 aromatic heterocycles. The van der Waals surface area contributed by atoms with Crippen molar-refractivity contribution >= 4 is 33.2 Å². The number of nitrogens with zero attached hydrogens (tertiary/aromatic N) is 1. The SMILES string of the molecule is CCOc1ccc(N(CC(=O)Nc2ccccc2C(=O)NCC(C)C)S(=O)(=O)c2ccccc2)cc1. The van der Waals surface area contributed by atoms with E-state index in [1.807, 2.05) is 20.8 Å². The molecule has 0 saturated carbocycles. The molecule has 3 aromatic carbocycles. The lowest BCUT2D eigenvalue weighted by Crippen LogP contribution is -2.38. The van der Waals surface area contributed by atoms with Crippen LogP contribution in [0.4, 0.5) is 11.4 Å². The van der Waals surface area contributed by atoms with Crippen LogP contribution in [0.25, 0.3) is 0 Å². The average molecular weight is 510 g/mol. The summed E-state index contributed by atoms with van der Waals surface area (Å²) in [7, 11) is -4.06. The van der Waals surface area contributed by atoms with E-state index in [-0.39, 0.29) is 16.7 Å². The first-order valence-electron chi connectivity index (χ1n) is 11.7. The minimum Gasteiger partial charge on any atom is -0.494 e. The maximum atomic E-state index is 13.5. The maximum Gasteiger partial charge on any atom is 0.264 e. The van der Waals surface area contributed by atoms with Crippen molar-refractivity contribution in [2.24, 2.45) is 5.92 Å². The number of sulfonamides is 1. The first-order chi connectivity index (χ1) is 17.2. The zero-order chi connectivity index (χ0) is 26.1. The van der Waals surface area contributed by atoms with E-state index in [9.17, 15) is 18.0 Å². The quantitative estimate of drug-likeness (QED) is 0.401. The van der Waals surface area contributed by atoms with Crippen molar-refractivity contribution in [1.29, 1.82) is 0 Å². The zero-order valence-corrected chi connectivity index (χ0v) is 21.4. The van der Waals surface area contributed by atoms with Gasteiger partial charge in [-0.05, 0) is 61.4 Å². The Hall–Kier alpha value is -3.85. The smallest absolute Gasteiger partial charge is 0.264 e. The molecule has 0 radical (unpaired) electrons. The number of ether oxygens (including phenoxy) is 1. The number of carbonyl (C=O) groups excluding carboxylic acids is 2. The molecule has 190 valence electrons. The highest BCUT2D eigenvalue weighted by atomic mass is 32.2. The van der Waals surface area contributed by atoms with Gasteiger partial charge in [0.25, 0.3) is 15.9 Å². The van der Waals surface area contributed by atoms with Crippen LogP contribution in [0.1, 0.15) is 31.1 Å². The number of anilines is 2. The largest absolute Gasteiger partial charge is 0.494 e. The lowest BCUT2D eigenvalue weighted by Gasteiger charge is -2.24. The molecule has 0 aliphatic rings. The first-order valence-corrected chi connectivity index (χ1v) is 13.1. The number of hydrogen-bond donors (Lipinski definition) is 2. The minimum atomic E-state index is -4.06. The Balaban J connectivity index is 1.89. The molecule has 9 heteroatoms. The van der Waals surface area contributed by atoms with Crippen molar-refractivity contribution < 1.29 is 22.7 Å². The lowest BCUT2D eigenvalue weighted by atomic mass is 10.1. The molecule has 3 aromatic rings. The normalized spacial score (nSPS) is 11.1. The Morgan fingerprint density at radius 1 is 0.917 bits per heavy atom.